The summed E-state index contributed by atoms with van der Waals surface area (Å²) in [5.74, 6) is -3.74. The molecule has 7 rings (SSSR count). The van der Waals surface area contributed by atoms with Crippen molar-refractivity contribution in [3.63, 3.8) is 0 Å². The van der Waals surface area contributed by atoms with Crippen LogP contribution in [0.5, 0.6) is 0 Å². The zero-order chi connectivity index (χ0) is 22.2. The van der Waals surface area contributed by atoms with Crippen LogP contribution in [0.3, 0.4) is 0 Å². The van der Waals surface area contributed by atoms with Crippen LogP contribution >= 0.6 is 0 Å². The maximum Gasteiger partial charge on any atom is 0.335 e. The number of hydrogen-bond donors (Lipinski definition) is 1. The molecule has 1 saturated heterocycles. The van der Waals surface area contributed by atoms with Crippen LogP contribution < -0.4 is 4.90 Å². The lowest BCUT2D eigenvalue weighted by atomic mass is 9.48. The summed E-state index contributed by atoms with van der Waals surface area (Å²) >= 11 is 0. The van der Waals surface area contributed by atoms with Crippen LogP contribution in [0.1, 0.15) is 38.5 Å². The van der Waals surface area contributed by atoms with Crippen molar-refractivity contribution in [2.45, 2.75) is 11.3 Å². The van der Waals surface area contributed by atoms with Crippen LogP contribution in [0.15, 0.2) is 72.8 Å². The summed E-state index contributed by atoms with van der Waals surface area (Å²) in [6.45, 7) is 0. The molecule has 1 N–H and O–H groups in total. The monoisotopic (exact) mass is 423 g/mol. The Morgan fingerprint density at radius 1 is 0.844 bits per heavy atom. The van der Waals surface area contributed by atoms with Gasteiger partial charge in [-0.25, -0.2) is 9.69 Å². The van der Waals surface area contributed by atoms with Crippen molar-refractivity contribution >= 4 is 29.8 Å². The maximum atomic E-state index is 13.8. The van der Waals surface area contributed by atoms with Crippen LogP contribution in [-0.2, 0) is 19.8 Å². The summed E-state index contributed by atoms with van der Waals surface area (Å²) in [6, 6.07) is 20.8. The third-order valence-electron chi connectivity index (χ3n) is 7.24. The van der Waals surface area contributed by atoms with Crippen molar-refractivity contribution < 1.29 is 24.3 Å². The Hall–Kier alpha value is -4.06. The Bertz CT molecular complexity index is 1290. The van der Waals surface area contributed by atoms with Gasteiger partial charge in [0.2, 0.25) is 11.8 Å². The summed E-state index contributed by atoms with van der Waals surface area (Å²) in [4.78, 5) is 52.7. The molecule has 156 valence electrons. The molecule has 0 saturated carbocycles. The van der Waals surface area contributed by atoms with Crippen LogP contribution in [0.25, 0.3) is 0 Å². The van der Waals surface area contributed by atoms with E-state index in [4.69, 9.17) is 0 Å². The number of anilines is 1. The minimum absolute atomic E-state index is 0.0644. The molecule has 2 unspecified atom stereocenters. The summed E-state index contributed by atoms with van der Waals surface area (Å²) in [6.07, 6.45) is 0.833. The molecule has 1 heterocycles. The average Bonchev–Trinajstić information content (AvgIpc) is 3.10. The number of aromatic carboxylic acids is 1. The molecule has 4 aliphatic rings. The van der Waals surface area contributed by atoms with Gasteiger partial charge in [-0.2, -0.15) is 0 Å². The lowest BCUT2D eigenvalue weighted by Gasteiger charge is -2.51. The van der Waals surface area contributed by atoms with Gasteiger partial charge < -0.3 is 9.90 Å². The van der Waals surface area contributed by atoms with E-state index >= 15 is 0 Å². The van der Waals surface area contributed by atoms with Gasteiger partial charge in [-0.1, -0.05) is 48.5 Å². The number of aldehydes is 1. The van der Waals surface area contributed by atoms with Gasteiger partial charge in [0, 0.05) is 5.92 Å². The summed E-state index contributed by atoms with van der Waals surface area (Å²) in [5, 5.41) is 9.17. The van der Waals surface area contributed by atoms with Gasteiger partial charge in [-0.05, 0) is 46.5 Å². The minimum Gasteiger partial charge on any atom is -0.478 e. The second-order valence-corrected chi connectivity index (χ2v) is 8.51. The highest BCUT2D eigenvalue weighted by atomic mass is 16.4. The quantitative estimate of drug-likeness (QED) is 0.516. The van der Waals surface area contributed by atoms with Crippen molar-refractivity contribution in [3.05, 3.63) is 101 Å². The normalized spacial score (nSPS) is 27.0. The third kappa shape index (κ3) is 2.04. The Morgan fingerprint density at radius 3 is 1.94 bits per heavy atom. The number of carbonyl (C=O) groups excluding carboxylic acids is 3. The number of benzene rings is 3. The van der Waals surface area contributed by atoms with E-state index in [9.17, 15) is 24.3 Å². The van der Waals surface area contributed by atoms with Crippen molar-refractivity contribution in [3.8, 4) is 0 Å². The Balaban J connectivity index is 1.58. The van der Waals surface area contributed by atoms with E-state index in [1.165, 1.54) is 24.3 Å². The molecule has 2 atom stereocenters. The molecule has 0 spiro atoms. The fourth-order valence-corrected chi connectivity index (χ4v) is 6.04. The van der Waals surface area contributed by atoms with Gasteiger partial charge in [0.15, 0.2) is 0 Å². The zero-order valence-corrected chi connectivity index (χ0v) is 16.8. The lowest BCUT2D eigenvalue weighted by Crippen LogP contribution is -2.54. The molecule has 3 aliphatic carbocycles. The molecule has 6 heteroatoms. The predicted octanol–water partition coefficient (Wildman–Crippen LogP) is 3.13. The molecule has 3 aromatic carbocycles. The molecule has 32 heavy (non-hydrogen) atoms. The lowest BCUT2D eigenvalue weighted by molar-refractivity contribution is -0.128. The van der Waals surface area contributed by atoms with E-state index in [0.717, 1.165) is 33.4 Å². The number of nitrogens with zero attached hydrogens (tertiary/aromatic N) is 1. The Labute approximate surface area is 183 Å². The van der Waals surface area contributed by atoms with Gasteiger partial charge in [-0.15, -0.1) is 0 Å². The summed E-state index contributed by atoms with van der Waals surface area (Å²) in [5.41, 5.74) is 2.51. The smallest absolute Gasteiger partial charge is 0.335 e. The van der Waals surface area contributed by atoms with E-state index in [1.807, 2.05) is 48.5 Å². The molecule has 2 bridgehead atoms. The molecule has 0 radical (unpaired) electrons. The number of carbonyl (C=O) groups is 4. The zero-order valence-electron chi connectivity index (χ0n) is 16.8. The highest BCUT2D eigenvalue weighted by Crippen LogP contribution is 2.63. The third-order valence-corrected chi connectivity index (χ3v) is 7.24. The fraction of sp³-hybridized carbons (Fsp3) is 0.154. The van der Waals surface area contributed by atoms with Crippen molar-refractivity contribution in [2.75, 3.05) is 4.90 Å². The number of hydrogen-bond acceptors (Lipinski definition) is 4. The second kappa shape index (κ2) is 6.23. The molecule has 6 nitrogen and oxygen atoms in total. The summed E-state index contributed by atoms with van der Waals surface area (Å²) < 4.78 is 0. The Morgan fingerprint density at radius 2 is 1.41 bits per heavy atom. The number of carboxylic acid groups (broad SMARTS) is 1. The molecule has 3 aromatic rings. The largest absolute Gasteiger partial charge is 0.478 e. The van der Waals surface area contributed by atoms with E-state index in [1.54, 1.807) is 0 Å². The number of rotatable bonds is 3. The highest BCUT2D eigenvalue weighted by Gasteiger charge is 2.68. The molecule has 1 fully saturated rings. The van der Waals surface area contributed by atoms with Gasteiger partial charge >= 0.3 is 5.97 Å². The van der Waals surface area contributed by atoms with Crippen LogP contribution in [-0.4, -0.2) is 29.2 Å². The first-order valence-corrected chi connectivity index (χ1v) is 10.4. The topological polar surface area (TPSA) is 91.8 Å². The summed E-state index contributed by atoms with van der Waals surface area (Å²) in [7, 11) is 0. The van der Waals surface area contributed by atoms with Gasteiger partial charge in [0.05, 0.1) is 28.5 Å². The van der Waals surface area contributed by atoms with E-state index < -0.39 is 29.1 Å². The average molecular weight is 423 g/mol. The maximum absolute atomic E-state index is 13.8. The van der Waals surface area contributed by atoms with Gasteiger partial charge in [-0.3, -0.25) is 9.59 Å². The SMILES string of the molecule is O=CC12c3ccccc3C(c3ccccc31)C1C(=O)N(c3ccc(C(=O)O)cc3)C(=O)C12. The molecular formula is C26H17NO5. The van der Waals surface area contributed by atoms with E-state index in [-0.39, 0.29) is 17.4 Å². The fourth-order valence-electron chi connectivity index (χ4n) is 6.04. The number of carboxylic acids is 1. The van der Waals surface area contributed by atoms with Gasteiger partial charge in [0.1, 0.15) is 6.29 Å². The highest BCUT2D eigenvalue weighted by molar-refractivity contribution is 6.24. The van der Waals surface area contributed by atoms with Gasteiger partial charge in [0.25, 0.3) is 0 Å². The van der Waals surface area contributed by atoms with Crippen LogP contribution in [0, 0.1) is 11.8 Å². The first kappa shape index (κ1) is 18.7. The van der Waals surface area contributed by atoms with Crippen molar-refractivity contribution in [1.29, 1.82) is 0 Å². The van der Waals surface area contributed by atoms with E-state index in [2.05, 4.69) is 0 Å². The predicted molar refractivity (Wildman–Crippen MR) is 114 cm³/mol. The van der Waals surface area contributed by atoms with Crippen LogP contribution in [0.2, 0.25) is 0 Å². The Kier molecular flexibility index (Phi) is 3.64. The minimum atomic E-state index is -1.24. The number of imide groups is 1. The molecule has 1 aliphatic heterocycles. The number of amides is 2. The van der Waals surface area contributed by atoms with E-state index in [0.29, 0.717) is 5.69 Å². The first-order valence-electron chi connectivity index (χ1n) is 10.4. The molecule has 0 aromatic heterocycles. The standard InChI is InChI=1S/C26H17NO5/c28-13-26-18-7-3-1-5-16(18)20(17-6-2-4-8-19(17)26)21-22(26)24(30)27(23(21)29)15-11-9-14(10-12-15)25(31)32/h1-13,20-22H,(H,31,32). The second-order valence-electron chi connectivity index (χ2n) is 8.51. The first-order chi connectivity index (χ1) is 15.5. The van der Waals surface area contributed by atoms with Crippen molar-refractivity contribution in [1.82, 2.24) is 0 Å². The molecule has 2 amide bonds. The van der Waals surface area contributed by atoms with Crippen molar-refractivity contribution in [2.24, 2.45) is 11.8 Å². The molecular weight excluding hydrogens is 406 g/mol. The van der Waals surface area contributed by atoms with Crippen LogP contribution in [0.4, 0.5) is 5.69 Å².